The molecule has 0 spiro atoms. The van der Waals surface area contributed by atoms with Crippen molar-refractivity contribution >= 4 is 41.0 Å². The van der Waals surface area contributed by atoms with Crippen molar-refractivity contribution in [3.8, 4) is 0 Å². The van der Waals surface area contributed by atoms with Crippen LogP contribution < -0.4 is 21.3 Å². The lowest BCUT2D eigenvalue weighted by atomic mass is 9.89. The van der Waals surface area contributed by atoms with E-state index in [2.05, 4.69) is 26.2 Å². The van der Waals surface area contributed by atoms with Gasteiger partial charge in [-0.3, -0.25) is 25.1 Å². The van der Waals surface area contributed by atoms with Gasteiger partial charge in [0.15, 0.2) is 0 Å². The van der Waals surface area contributed by atoms with E-state index in [4.69, 9.17) is 9.47 Å². The van der Waals surface area contributed by atoms with Crippen molar-refractivity contribution in [2.45, 2.75) is 45.0 Å². The van der Waals surface area contributed by atoms with Crippen molar-refractivity contribution in [2.75, 3.05) is 55.3 Å². The van der Waals surface area contributed by atoms with Crippen LogP contribution in [0.1, 0.15) is 44.4 Å². The van der Waals surface area contributed by atoms with E-state index in [1.54, 1.807) is 82.3 Å². The summed E-state index contributed by atoms with van der Waals surface area (Å²) in [6.07, 6.45) is -2.19. The van der Waals surface area contributed by atoms with Gasteiger partial charge in [-0.15, -0.1) is 0 Å². The maximum absolute atomic E-state index is 13.7. The predicted molar refractivity (Wildman–Crippen MR) is 183 cm³/mol. The second kappa shape index (κ2) is 16.1. The van der Waals surface area contributed by atoms with Crippen molar-refractivity contribution in [3.05, 3.63) is 95.6 Å². The first-order valence-electron chi connectivity index (χ1n) is 15.8. The van der Waals surface area contributed by atoms with Crippen molar-refractivity contribution in [1.29, 1.82) is 0 Å². The maximum atomic E-state index is 13.7. The Balaban J connectivity index is 1.45. The molecule has 1 heterocycles. The highest BCUT2D eigenvalue weighted by Gasteiger charge is 2.35. The molecular weight excluding hydrogens is 639 g/mol. The van der Waals surface area contributed by atoms with E-state index in [0.717, 1.165) is 25.2 Å². The lowest BCUT2D eigenvalue weighted by Crippen LogP contribution is -2.52. The summed E-state index contributed by atoms with van der Waals surface area (Å²) in [4.78, 5) is 41.0. The quantitative estimate of drug-likeness (QED) is 0.171. The van der Waals surface area contributed by atoms with Gasteiger partial charge >= 0.3 is 12.3 Å². The maximum Gasteiger partial charge on any atom is 0.416 e. The SMILES string of the molecule is CC(C)(C)OC(=O)Nc1ccccc1NC(=O)/C=C/c1ccc(C(C)(NCCN2CCOCC2)C(=O)Nc2ccc(C(F)(F)F)cc2)cc1. The Morgan fingerprint density at radius 3 is 2.00 bits per heavy atom. The summed E-state index contributed by atoms with van der Waals surface area (Å²) in [5.74, 6) is -0.886. The van der Waals surface area contributed by atoms with Gasteiger partial charge in [0.1, 0.15) is 11.1 Å². The number of nitrogens with one attached hydrogen (secondary N) is 4. The van der Waals surface area contributed by atoms with Crippen molar-refractivity contribution < 1.29 is 37.0 Å². The molecule has 1 atom stereocenters. The Kier molecular flexibility index (Phi) is 12.2. The van der Waals surface area contributed by atoms with Gasteiger partial charge in [0.2, 0.25) is 11.8 Å². The van der Waals surface area contributed by atoms with E-state index in [1.807, 2.05) is 0 Å². The summed E-state index contributed by atoms with van der Waals surface area (Å²) < 4.78 is 49.9. The molecule has 1 saturated heterocycles. The molecule has 4 N–H and O–H groups in total. The third kappa shape index (κ3) is 11.2. The fourth-order valence-electron chi connectivity index (χ4n) is 4.99. The molecule has 0 aromatic heterocycles. The number of ether oxygens (including phenoxy) is 2. The summed E-state index contributed by atoms with van der Waals surface area (Å²) >= 11 is 0. The van der Waals surface area contributed by atoms with E-state index < -0.39 is 40.8 Å². The third-order valence-electron chi connectivity index (χ3n) is 7.67. The minimum absolute atomic E-state index is 0.229. The Morgan fingerprint density at radius 1 is 0.816 bits per heavy atom. The summed E-state index contributed by atoms with van der Waals surface area (Å²) in [6.45, 7) is 10.9. The Hall–Kier alpha value is -4.72. The van der Waals surface area contributed by atoms with Crippen LogP contribution in [0.15, 0.2) is 78.9 Å². The molecule has 0 bridgehead atoms. The van der Waals surface area contributed by atoms with Gasteiger partial charge in [-0.2, -0.15) is 13.2 Å². The molecule has 49 heavy (non-hydrogen) atoms. The lowest BCUT2D eigenvalue weighted by Gasteiger charge is -2.33. The molecular formula is C36H42F3N5O5. The lowest BCUT2D eigenvalue weighted by molar-refractivity contribution is -0.137. The second-order valence-electron chi connectivity index (χ2n) is 12.7. The highest BCUT2D eigenvalue weighted by Crippen LogP contribution is 2.31. The summed E-state index contributed by atoms with van der Waals surface area (Å²) in [5.41, 5.74) is -0.468. The van der Waals surface area contributed by atoms with Crippen LogP contribution in [-0.2, 0) is 30.8 Å². The molecule has 0 aliphatic carbocycles. The third-order valence-corrected chi connectivity index (χ3v) is 7.67. The Morgan fingerprint density at radius 2 is 1.41 bits per heavy atom. The highest BCUT2D eigenvalue weighted by atomic mass is 19.4. The fraction of sp³-hybridized carbons (Fsp3) is 0.361. The number of hydrogen-bond acceptors (Lipinski definition) is 7. The van der Waals surface area contributed by atoms with Gasteiger partial charge in [-0.1, -0.05) is 36.4 Å². The predicted octanol–water partition coefficient (Wildman–Crippen LogP) is 6.48. The standard InChI is InChI=1S/C36H42F3N5O5/c1-34(2,3)49-33(47)43-30-8-6-5-7-29(30)42-31(45)18-11-25-9-12-26(13-10-25)35(4,40-19-20-44-21-23-48-24-22-44)32(46)41-28-16-14-27(15-17-28)36(37,38)39/h5-18,40H,19-24H2,1-4H3,(H,41,46)(H,42,45)(H,43,47)/b18-11+. The molecule has 1 fully saturated rings. The number of rotatable bonds is 11. The van der Waals surface area contributed by atoms with Crippen LogP contribution in [0.25, 0.3) is 6.08 Å². The van der Waals surface area contributed by atoms with Crippen LogP contribution in [-0.4, -0.2) is 67.8 Å². The van der Waals surface area contributed by atoms with Crippen LogP contribution in [0.2, 0.25) is 0 Å². The second-order valence-corrected chi connectivity index (χ2v) is 12.7. The van der Waals surface area contributed by atoms with Gasteiger partial charge < -0.3 is 20.1 Å². The molecule has 13 heteroatoms. The van der Waals surface area contributed by atoms with Crippen LogP contribution in [0.5, 0.6) is 0 Å². The van der Waals surface area contributed by atoms with Crippen LogP contribution in [0.3, 0.4) is 0 Å². The molecule has 1 aliphatic heterocycles. The molecule has 10 nitrogen and oxygen atoms in total. The van der Waals surface area contributed by atoms with Crippen LogP contribution in [0, 0.1) is 0 Å². The molecule has 3 aromatic rings. The van der Waals surface area contributed by atoms with Crippen molar-refractivity contribution in [3.63, 3.8) is 0 Å². The fourth-order valence-corrected chi connectivity index (χ4v) is 4.99. The number of carbonyl (C=O) groups is 3. The zero-order valence-electron chi connectivity index (χ0n) is 27.9. The number of alkyl halides is 3. The molecule has 4 rings (SSSR count). The minimum Gasteiger partial charge on any atom is -0.444 e. The van der Waals surface area contributed by atoms with Gasteiger partial charge in [0.05, 0.1) is 30.2 Å². The normalized spacial score (nSPS) is 15.3. The van der Waals surface area contributed by atoms with Gasteiger partial charge in [-0.05, 0) is 81.3 Å². The molecule has 0 radical (unpaired) electrons. The van der Waals surface area contributed by atoms with Crippen LogP contribution >= 0.6 is 0 Å². The summed E-state index contributed by atoms with van der Waals surface area (Å²) in [6, 6.07) is 18.0. The zero-order chi connectivity index (χ0) is 35.7. The molecule has 262 valence electrons. The van der Waals surface area contributed by atoms with E-state index in [0.29, 0.717) is 48.8 Å². The van der Waals surface area contributed by atoms with E-state index in [-0.39, 0.29) is 5.69 Å². The number of halogens is 3. The van der Waals surface area contributed by atoms with Gasteiger partial charge in [-0.25, -0.2) is 4.79 Å². The number of nitrogens with zero attached hydrogens (tertiary/aromatic N) is 1. The number of hydrogen-bond donors (Lipinski definition) is 4. The molecule has 1 aliphatic rings. The zero-order valence-corrected chi connectivity index (χ0v) is 27.9. The molecule has 3 aromatic carbocycles. The largest absolute Gasteiger partial charge is 0.444 e. The van der Waals surface area contributed by atoms with E-state index in [1.165, 1.54) is 18.2 Å². The van der Waals surface area contributed by atoms with E-state index in [9.17, 15) is 27.6 Å². The van der Waals surface area contributed by atoms with E-state index >= 15 is 0 Å². The average molecular weight is 682 g/mol. The molecule has 0 saturated carbocycles. The number of morpholine rings is 1. The summed E-state index contributed by atoms with van der Waals surface area (Å²) in [7, 11) is 0. The molecule has 3 amide bonds. The number of anilines is 3. The number of carbonyl (C=O) groups excluding carboxylic acids is 3. The van der Waals surface area contributed by atoms with Gasteiger partial charge in [0.25, 0.3) is 0 Å². The highest BCUT2D eigenvalue weighted by molar-refractivity contribution is 6.05. The first-order valence-corrected chi connectivity index (χ1v) is 15.8. The first-order chi connectivity index (χ1) is 23.1. The van der Waals surface area contributed by atoms with Crippen LogP contribution in [0.4, 0.5) is 35.0 Å². The Labute approximate surface area is 284 Å². The minimum atomic E-state index is -4.49. The number of amides is 3. The Bertz CT molecular complexity index is 1620. The first kappa shape index (κ1) is 37.1. The van der Waals surface area contributed by atoms with Crippen molar-refractivity contribution in [2.24, 2.45) is 0 Å². The smallest absolute Gasteiger partial charge is 0.416 e. The summed E-state index contributed by atoms with van der Waals surface area (Å²) in [5, 5.41) is 11.5. The monoisotopic (exact) mass is 681 g/mol. The average Bonchev–Trinajstić information content (AvgIpc) is 3.04. The molecule has 1 unspecified atom stereocenters. The number of para-hydroxylation sites is 2. The van der Waals surface area contributed by atoms with Crippen molar-refractivity contribution in [1.82, 2.24) is 10.2 Å². The number of benzene rings is 3. The topological polar surface area (TPSA) is 121 Å². The van der Waals surface area contributed by atoms with Gasteiger partial charge in [0, 0.05) is 37.9 Å².